The van der Waals surface area contributed by atoms with Crippen LogP contribution in [0.1, 0.15) is 22.3 Å². The molecule has 1 amide bonds. The summed E-state index contributed by atoms with van der Waals surface area (Å²) in [6.07, 6.45) is 1.23. The maximum atomic E-state index is 14.5. The normalized spacial score (nSPS) is 14.4. The predicted molar refractivity (Wildman–Crippen MR) is 104 cm³/mol. The molecule has 3 rings (SSSR count). The van der Waals surface area contributed by atoms with Gasteiger partial charge in [-0.25, -0.2) is 17.1 Å². The number of halogens is 3. The summed E-state index contributed by atoms with van der Waals surface area (Å²) in [4.78, 5) is 14.3. The second-order valence-electron chi connectivity index (χ2n) is 6.38. The summed E-state index contributed by atoms with van der Waals surface area (Å²) in [6, 6.07) is 6.70. The largest absolute Gasteiger partial charge is 0.305 e. The Labute approximate surface area is 167 Å². The maximum Gasteiger partial charge on any atom is 0.259 e. The molecule has 2 aromatic rings. The first-order valence-electron chi connectivity index (χ1n) is 8.15. The molecule has 0 fully saturated rings. The molecule has 5 nitrogen and oxygen atoms in total. The molecule has 0 radical (unpaired) electrons. The summed E-state index contributed by atoms with van der Waals surface area (Å²) in [5.41, 5.74) is 0.794. The number of benzene rings is 2. The van der Waals surface area contributed by atoms with Gasteiger partial charge in [-0.05, 0) is 48.7 Å². The molecular weight excluding hydrogens is 414 g/mol. The third-order valence-electron chi connectivity index (χ3n) is 4.40. The molecule has 9 heteroatoms. The van der Waals surface area contributed by atoms with E-state index in [9.17, 15) is 17.6 Å². The van der Waals surface area contributed by atoms with E-state index in [2.05, 4.69) is 0 Å². The zero-order valence-electron chi connectivity index (χ0n) is 14.7. The number of aryl methyl sites for hydroxylation is 1. The molecule has 0 spiro atoms. The number of hydrogen-bond acceptors (Lipinski definition) is 3. The maximum absolute atomic E-state index is 14.5. The van der Waals surface area contributed by atoms with Crippen LogP contribution in [0.25, 0.3) is 0 Å². The van der Waals surface area contributed by atoms with Crippen LogP contribution in [0.5, 0.6) is 0 Å². The number of fused-ring (bicyclic) bond motifs is 1. The molecule has 0 aliphatic carbocycles. The lowest BCUT2D eigenvalue weighted by Gasteiger charge is -2.30. The van der Waals surface area contributed by atoms with E-state index in [1.54, 1.807) is 6.07 Å². The first-order chi connectivity index (χ1) is 12.6. The van der Waals surface area contributed by atoms with E-state index in [1.165, 1.54) is 37.2 Å². The lowest BCUT2D eigenvalue weighted by atomic mass is 10.00. The van der Waals surface area contributed by atoms with Gasteiger partial charge in [-0.2, -0.15) is 0 Å². The molecule has 1 aliphatic rings. The molecule has 27 heavy (non-hydrogen) atoms. The molecule has 0 atom stereocenters. The Balaban J connectivity index is 2.09. The molecule has 0 saturated heterocycles. The second kappa shape index (κ2) is 7.39. The zero-order chi connectivity index (χ0) is 19.9. The van der Waals surface area contributed by atoms with Crippen LogP contribution in [-0.4, -0.2) is 39.3 Å². The van der Waals surface area contributed by atoms with Gasteiger partial charge in [0.05, 0.1) is 21.2 Å². The van der Waals surface area contributed by atoms with Crippen LogP contribution >= 0.6 is 23.2 Å². The minimum atomic E-state index is -3.74. The fourth-order valence-corrected chi connectivity index (χ4v) is 4.39. The lowest BCUT2D eigenvalue weighted by molar-refractivity contribution is 0.0984. The van der Waals surface area contributed by atoms with Gasteiger partial charge in [-0.1, -0.05) is 23.2 Å². The van der Waals surface area contributed by atoms with Crippen LogP contribution in [0.4, 0.5) is 10.1 Å². The van der Waals surface area contributed by atoms with Gasteiger partial charge in [-0.3, -0.25) is 4.79 Å². The van der Waals surface area contributed by atoms with Crippen LogP contribution in [0.2, 0.25) is 10.0 Å². The summed E-state index contributed by atoms with van der Waals surface area (Å²) in [7, 11) is -0.954. The third-order valence-corrected chi connectivity index (χ3v) is 6.76. The van der Waals surface area contributed by atoms with Gasteiger partial charge in [0, 0.05) is 25.7 Å². The Morgan fingerprint density at radius 3 is 2.56 bits per heavy atom. The number of nitrogens with zero attached hydrogens (tertiary/aromatic N) is 2. The highest BCUT2D eigenvalue weighted by molar-refractivity contribution is 7.89. The summed E-state index contributed by atoms with van der Waals surface area (Å²) in [5, 5.41) is 0.358. The van der Waals surface area contributed by atoms with Crippen LogP contribution in [0, 0.1) is 5.82 Å². The summed E-state index contributed by atoms with van der Waals surface area (Å²) in [6.45, 7) is 0.297. The van der Waals surface area contributed by atoms with Crippen molar-refractivity contribution >= 4 is 44.8 Å². The number of amides is 1. The Morgan fingerprint density at radius 1 is 1.19 bits per heavy atom. The highest BCUT2D eigenvalue weighted by Crippen LogP contribution is 2.35. The first kappa shape index (κ1) is 20.1. The number of carbonyl (C=O) groups is 1. The Hall–Kier alpha value is -1.67. The molecule has 0 unspecified atom stereocenters. The van der Waals surface area contributed by atoms with E-state index in [0.717, 1.165) is 10.4 Å². The van der Waals surface area contributed by atoms with Gasteiger partial charge in [0.25, 0.3) is 5.91 Å². The van der Waals surface area contributed by atoms with Crippen molar-refractivity contribution in [1.82, 2.24) is 4.31 Å². The SMILES string of the molecule is CN(C)S(=O)(=O)c1ccc(Cl)c(C(=O)N2CCCc3cc(Cl)cc(F)c32)c1. The quantitative estimate of drug-likeness (QED) is 0.739. The van der Waals surface area contributed by atoms with Crippen molar-refractivity contribution in [2.75, 3.05) is 25.5 Å². The van der Waals surface area contributed by atoms with Crippen molar-refractivity contribution in [3.63, 3.8) is 0 Å². The molecule has 2 aromatic carbocycles. The van der Waals surface area contributed by atoms with Crippen LogP contribution in [0.3, 0.4) is 0 Å². The molecule has 1 heterocycles. The van der Waals surface area contributed by atoms with E-state index in [1.807, 2.05) is 0 Å². The van der Waals surface area contributed by atoms with Crippen molar-refractivity contribution in [3.05, 3.63) is 57.3 Å². The highest BCUT2D eigenvalue weighted by Gasteiger charge is 2.29. The number of sulfonamides is 1. The van der Waals surface area contributed by atoms with E-state index in [-0.39, 0.29) is 26.2 Å². The van der Waals surface area contributed by atoms with Crippen LogP contribution < -0.4 is 4.90 Å². The Kier molecular flexibility index (Phi) is 5.49. The fraction of sp³-hybridized carbons (Fsp3) is 0.278. The van der Waals surface area contributed by atoms with Gasteiger partial charge in [0.2, 0.25) is 10.0 Å². The minimum Gasteiger partial charge on any atom is -0.305 e. The molecule has 1 aliphatic heterocycles. The number of anilines is 1. The van der Waals surface area contributed by atoms with Crippen molar-refractivity contribution in [3.8, 4) is 0 Å². The van der Waals surface area contributed by atoms with E-state index in [0.29, 0.717) is 24.9 Å². The van der Waals surface area contributed by atoms with E-state index in [4.69, 9.17) is 23.2 Å². The highest BCUT2D eigenvalue weighted by atomic mass is 35.5. The van der Waals surface area contributed by atoms with Crippen molar-refractivity contribution < 1.29 is 17.6 Å². The Bertz CT molecular complexity index is 1030. The Morgan fingerprint density at radius 2 is 1.89 bits per heavy atom. The zero-order valence-corrected chi connectivity index (χ0v) is 17.0. The average molecular weight is 431 g/mol. The monoisotopic (exact) mass is 430 g/mol. The minimum absolute atomic E-state index is 0.00166. The number of rotatable bonds is 3. The molecule has 0 saturated carbocycles. The average Bonchev–Trinajstić information content (AvgIpc) is 2.60. The summed E-state index contributed by atoms with van der Waals surface area (Å²) < 4.78 is 40.3. The standard InChI is InChI=1S/C18H17Cl2FN2O3S/c1-22(2)27(25,26)13-5-6-15(20)14(10-13)18(24)23-7-3-4-11-8-12(19)9-16(21)17(11)23/h5-6,8-10H,3-4,7H2,1-2H3. The molecule has 0 aromatic heterocycles. The summed E-state index contributed by atoms with van der Waals surface area (Å²) in [5.74, 6) is -1.16. The molecule has 0 bridgehead atoms. The molecular formula is C18H17Cl2FN2O3S. The topological polar surface area (TPSA) is 57.7 Å². The van der Waals surface area contributed by atoms with E-state index >= 15 is 0 Å². The van der Waals surface area contributed by atoms with Crippen LogP contribution in [-0.2, 0) is 16.4 Å². The van der Waals surface area contributed by atoms with E-state index < -0.39 is 21.7 Å². The van der Waals surface area contributed by atoms with Crippen molar-refractivity contribution in [2.45, 2.75) is 17.7 Å². The van der Waals surface area contributed by atoms with Crippen molar-refractivity contribution in [2.24, 2.45) is 0 Å². The van der Waals surface area contributed by atoms with Gasteiger partial charge < -0.3 is 4.90 Å². The predicted octanol–water partition coefficient (Wildman–Crippen LogP) is 3.98. The molecule has 144 valence electrons. The van der Waals surface area contributed by atoms with Gasteiger partial charge in [0.15, 0.2) is 0 Å². The van der Waals surface area contributed by atoms with Gasteiger partial charge in [-0.15, -0.1) is 0 Å². The van der Waals surface area contributed by atoms with Crippen LogP contribution in [0.15, 0.2) is 35.2 Å². The van der Waals surface area contributed by atoms with Crippen molar-refractivity contribution in [1.29, 1.82) is 0 Å². The third kappa shape index (κ3) is 3.69. The first-order valence-corrected chi connectivity index (χ1v) is 10.3. The van der Waals surface area contributed by atoms with Gasteiger partial charge in [0.1, 0.15) is 5.82 Å². The molecule has 0 N–H and O–H groups in total. The lowest BCUT2D eigenvalue weighted by Crippen LogP contribution is -2.36. The second-order valence-corrected chi connectivity index (χ2v) is 9.38. The number of hydrogen-bond donors (Lipinski definition) is 0. The summed E-state index contributed by atoms with van der Waals surface area (Å²) >= 11 is 12.1. The smallest absolute Gasteiger partial charge is 0.259 e. The number of carbonyl (C=O) groups excluding carboxylic acids is 1. The fourth-order valence-electron chi connectivity index (χ4n) is 3.04. The van der Waals surface area contributed by atoms with Gasteiger partial charge >= 0.3 is 0 Å².